The normalized spacial score (nSPS) is 16.8. The van der Waals surface area contributed by atoms with Crippen molar-refractivity contribution < 1.29 is 4.39 Å². The van der Waals surface area contributed by atoms with Crippen molar-refractivity contribution in [3.8, 4) is 0 Å². The van der Waals surface area contributed by atoms with E-state index >= 15 is 0 Å². The summed E-state index contributed by atoms with van der Waals surface area (Å²) < 4.78 is 15.9. The second-order valence-electron chi connectivity index (χ2n) is 5.52. The van der Waals surface area contributed by atoms with Crippen LogP contribution < -0.4 is 4.90 Å². The molecule has 5 nitrogen and oxygen atoms in total. The first-order valence-corrected chi connectivity index (χ1v) is 7.76. The Balaban J connectivity index is 1.66. The molecule has 0 bridgehead atoms. The van der Waals surface area contributed by atoms with Crippen LogP contribution in [-0.4, -0.2) is 45.8 Å². The van der Waals surface area contributed by atoms with Crippen molar-refractivity contribution in [2.45, 2.75) is 13.0 Å². The van der Waals surface area contributed by atoms with Crippen LogP contribution in [0.25, 0.3) is 0 Å². The molecule has 0 aliphatic carbocycles. The lowest BCUT2D eigenvalue weighted by atomic mass is 10.3. The molecule has 0 radical (unpaired) electrons. The van der Waals surface area contributed by atoms with Gasteiger partial charge in [-0.05, 0) is 18.6 Å². The standard InChI is InChI=1S/C15H19ClFN5/c1-20-13(3-4-19-20)11-21-5-2-6-22(8-7-21)15-14(17)9-12(16)10-18-15/h3-4,9-10H,2,5-8,11H2,1H3. The first-order valence-electron chi connectivity index (χ1n) is 7.39. The molecule has 0 amide bonds. The van der Waals surface area contributed by atoms with Crippen LogP contribution >= 0.6 is 11.6 Å². The van der Waals surface area contributed by atoms with Crippen LogP contribution in [0.4, 0.5) is 10.2 Å². The molecular weight excluding hydrogens is 305 g/mol. The predicted octanol–water partition coefficient (Wildman–Crippen LogP) is 2.32. The number of nitrogens with zero attached hydrogens (tertiary/aromatic N) is 5. The number of anilines is 1. The van der Waals surface area contributed by atoms with Crippen LogP contribution in [0, 0.1) is 5.82 Å². The Morgan fingerprint density at radius 3 is 2.86 bits per heavy atom. The summed E-state index contributed by atoms with van der Waals surface area (Å²) in [4.78, 5) is 8.51. The molecule has 0 atom stereocenters. The molecule has 0 aromatic carbocycles. The smallest absolute Gasteiger partial charge is 0.167 e. The van der Waals surface area contributed by atoms with Gasteiger partial charge in [-0.25, -0.2) is 9.37 Å². The Morgan fingerprint density at radius 2 is 2.14 bits per heavy atom. The Bertz CT molecular complexity index is 645. The highest BCUT2D eigenvalue weighted by molar-refractivity contribution is 6.30. The number of aromatic nitrogens is 3. The monoisotopic (exact) mass is 323 g/mol. The van der Waals surface area contributed by atoms with Crippen molar-refractivity contribution in [1.29, 1.82) is 0 Å². The van der Waals surface area contributed by atoms with E-state index in [-0.39, 0.29) is 5.82 Å². The highest BCUT2D eigenvalue weighted by atomic mass is 35.5. The van der Waals surface area contributed by atoms with Gasteiger partial charge >= 0.3 is 0 Å². The molecule has 0 unspecified atom stereocenters. The van der Waals surface area contributed by atoms with E-state index in [1.54, 1.807) is 0 Å². The van der Waals surface area contributed by atoms with Crippen LogP contribution in [0.3, 0.4) is 0 Å². The Morgan fingerprint density at radius 1 is 1.27 bits per heavy atom. The Labute approximate surface area is 134 Å². The second-order valence-corrected chi connectivity index (χ2v) is 5.96. The highest BCUT2D eigenvalue weighted by Crippen LogP contribution is 2.21. The highest BCUT2D eigenvalue weighted by Gasteiger charge is 2.19. The summed E-state index contributed by atoms with van der Waals surface area (Å²) in [5.41, 5.74) is 1.18. The maximum Gasteiger partial charge on any atom is 0.167 e. The molecule has 0 N–H and O–H groups in total. The topological polar surface area (TPSA) is 37.2 Å². The van der Waals surface area contributed by atoms with Gasteiger partial charge in [0.25, 0.3) is 0 Å². The van der Waals surface area contributed by atoms with Crippen molar-refractivity contribution in [3.63, 3.8) is 0 Å². The van der Waals surface area contributed by atoms with Gasteiger partial charge in [0.2, 0.25) is 0 Å². The van der Waals surface area contributed by atoms with E-state index in [0.29, 0.717) is 10.8 Å². The molecule has 2 aromatic rings. The van der Waals surface area contributed by atoms with Crippen LogP contribution in [0.5, 0.6) is 0 Å². The van der Waals surface area contributed by atoms with Gasteiger partial charge in [0.1, 0.15) is 0 Å². The van der Waals surface area contributed by atoms with Crippen LogP contribution in [-0.2, 0) is 13.6 Å². The Kier molecular flexibility index (Phi) is 4.59. The molecule has 22 heavy (non-hydrogen) atoms. The minimum Gasteiger partial charge on any atom is -0.353 e. The summed E-state index contributed by atoms with van der Waals surface area (Å²) >= 11 is 5.77. The molecule has 1 saturated heterocycles. The lowest BCUT2D eigenvalue weighted by Crippen LogP contribution is -2.31. The van der Waals surface area contributed by atoms with E-state index in [1.807, 2.05) is 28.9 Å². The number of aryl methyl sites for hydroxylation is 1. The molecule has 1 fully saturated rings. The lowest BCUT2D eigenvalue weighted by molar-refractivity contribution is 0.277. The fraction of sp³-hybridized carbons (Fsp3) is 0.467. The van der Waals surface area contributed by atoms with Crippen LogP contribution in [0.1, 0.15) is 12.1 Å². The first kappa shape index (κ1) is 15.2. The molecule has 1 aliphatic rings. The second kappa shape index (κ2) is 6.62. The summed E-state index contributed by atoms with van der Waals surface area (Å²) in [6.45, 7) is 4.27. The number of halogens is 2. The van der Waals surface area contributed by atoms with Crippen molar-refractivity contribution in [2.75, 3.05) is 31.1 Å². The zero-order chi connectivity index (χ0) is 15.5. The third kappa shape index (κ3) is 3.39. The minimum absolute atomic E-state index is 0.328. The van der Waals surface area contributed by atoms with Crippen molar-refractivity contribution in [1.82, 2.24) is 19.7 Å². The maximum atomic E-state index is 14.0. The number of rotatable bonds is 3. The lowest BCUT2D eigenvalue weighted by Gasteiger charge is -2.23. The zero-order valence-corrected chi connectivity index (χ0v) is 13.3. The van der Waals surface area contributed by atoms with Gasteiger partial charge in [0.05, 0.1) is 10.7 Å². The molecular formula is C15H19ClFN5. The fourth-order valence-corrected chi connectivity index (χ4v) is 2.91. The maximum absolute atomic E-state index is 14.0. The average Bonchev–Trinajstić information content (AvgIpc) is 2.74. The Hall–Kier alpha value is -1.66. The molecule has 3 rings (SSSR count). The summed E-state index contributed by atoms with van der Waals surface area (Å²) in [5.74, 6) is 0.0411. The third-order valence-corrected chi connectivity index (χ3v) is 4.19. The van der Waals surface area contributed by atoms with Crippen LogP contribution in [0.15, 0.2) is 24.5 Å². The first-order chi connectivity index (χ1) is 10.6. The van der Waals surface area contributed by atoms with Crippen LogP contribution in [0.2, 0.25) is 5.02 Å². The summed E-state index contributed by atoms with van der Waals surface area (Å²) in [7, 11) is 1.95. The van der Waals surface area contributed by atoms with Crippen molar-refractivity contribution in [3.05, 3.63) is 41.1 Å². The van der Waals surface area contributed by atoms with E-state index in [4.69, 9.17) is 11.6 Å². The third-order valence-electron chi connectivity index (χ3n) is 3.98. The molecule has 0 spiro atoms. The fourth-order valence-electron chi connectivity index (χ4n) is 2.77. The molecule has 0 saturated carbocycles. The van der Waals surface area contributed by atoms with Gasteiger partial charge in [-0.2, -0.15) is 5.10 Å². The largest absolute Gasteiger partial charge is 0.353 e. The van der Waals surface area contributed by atoms with Gasteiger partial charge in [-0.1, -0.05) is 11.6 Å². The molecule has 1 aliphatic heterocycles. The van der Waals surface area contributed by atoms with Crippen molar-refractivity contribution >= 4 is 17.4 Å². The number of hydrogen-bond acceptors (Lipinski definition) is 4. The number of pyridine rings is 1. The van der Waals surface area contributed by atoms with E-state index in [1.165, 1.54) is 18.0 Å². The number of hydrogen-bond donors (Lipinski definition) is 0. The van der Waals surface area contributed by atoms with Gasteiger partial charge < -0.3 is 4.90 Å². The molecule has 2 aromatic heterocycles. The van der Waals surface area contributed by atoms with E-state index in [2.05, 4.69) is 15.0 Å². The van der Waals surface area contributed by atoms with Crippen molar-refractivity contribution in [2.24, 2.45) is 7.05 Å². The summed E-state index contributed by atoms with van der Waals surface area (Å²) in [6.07, 6.45) is 4.28. The molecule has 118 valence electrons. The quantitative estimate of drug-likeness (QED) is 0.868. The zero-order valence-electron chi connectivity index (χ0n) is 12.5. The average molecular weight is 324 g/mol. The van der Waals surface area contributed by atoms with Gasteiger partial charge in [-0.3, -0.25) is 9.58 Å². The van der Waals surface area contributed by atoms with Gasteiger partial charge in [0, 0.05) is 52.2 Å². The predicted molar refractivity (Wildman–Crippen MR) is 84.5 cm³/mol. The minimum atomic E-state index is -0.354. The summed E-state index contributed by atoms with van der Waals surface area (Å²) in [6, 6.07) is 3.35. The molecule has 3 heterocycles. The SMILES string of the molecule is Cn1nccc1CN1CCCN(c2ncc(Cl)cc2F)CC1. The van der Waals surface area contributed by atoms with E-state index < -0.39 is 0 Å². The van der Waals surface area contributed by atoms with Gasteiger partial charge in [-0.15, -0.1) is 0 Å². The van der Waals surface area contributed by atoms with E-state index in [9.17, 15) is 4.39 Å². The molecule has 7 heteroatoms. The summed E-state index contributed by atoms with van der Waals surface area (Å²) in [5, 5.41) is 4.52. The van der Waals surface area contributed by atoms with Gasteiger partial charge in [0.15, 0.2) is 11.6 Å². The van der Waals surface area contributed by atoms with E-state index in [0.717, 1.165) is 39.1 Å².